The Bertz CT molecular complexity index is 1010. The lowest BCUT2D eigenvalue weighted by molar-refractivity contribution is 1.17. The highest BCUT2D eigenvalue weighted by Crippen LogP contribution is 2.32. The Hall–Kier alpha value is -2.59. The zero-order chi connectivity index (χ0) is 16.5. The summed E-state index contributed by atoms with van der Waals surface area (Å²) < 4.78 is 3.10. The summed E-state index contributed by atoms with van der Waals surface area (Å²) in [7, 11) is 0. The molecule has 2 aromatic carbocycles. The van der Waals surface area contributed by atoms with Gasteiger partial charge < -0.3 is 5.32 Å². The third-order valence-corrected chi connectivity index (χ3v) is 4.50. The smallest absolute Gasteiger partial charge is 0.143 e. The maximum atomic E-state index is 4.83. The van der Waals surface area contributed by atoms with E-state index in [0.29, 0.717) is 0 Å². The molecule has 0 fully saturated rings. The molecule has 0 saturated carbocycles. The topological polar surface area (TPSA) is 29.3 Å². The van der Waals surface area contributed by atoms with Gasteiger partial charge in [-0.25, -0.2) is 4.98 Å². The Balaban J connectivity index is 1.94. The average Bonchev–Trinajstić information content (AvgIpc) is 2.96. The molecule has 4 aromatic rings. The number of aryl methyl sites for hydroxylation is 1. The van der Waals surface area contributed by atoms with Crippen LogP contribution in [0, 0.1) is 6.92 Å². The van der Waals surface area contributed by atoms with Gasteiger partial charge in [0.2, 0.25) is 0 Å². The summed E-state index contributed by atoms with van der Waals surface area (Å²) in [6.07, 6.45) is 2.04. The van der Waals surface area contributed by atoms with Gasteiger partial charge in [-0.1, -0.05) is 48.5 Å². The maximum Gasteiger partial charge on any atom is 0.143 e. The van der Waals surface area contributed by atoms with Crippen molar-refractivity contribution in [2.75, 3.05) is 5.32 Å². The standard InChI is InChI=1S/C20H16BrN3/c1-14-7-5-6-10-17(14)22-20-19(15-8-3-2-4-9-15)23-18-12-11-16(21)13-24(18)20/h2-13,22H,1H3. The lowest BCUT2D eigenvalue weighted by atomic mass is 10.1. The number of benzene rings is 2. The molecule has 0 radical (unpaired) electrons. The quantitative estimate of drug-likeness (QED) is 0.487. The minimum atomic E-state index is 0.910. The highest BCUT2D eigenvalue weighted by atomic mass is 79.9. The zero-order valence-corrected chi connectivity index (χ0v) is 14.8. The molecular weight excluding hydrogens is 362 g/mol. The molecule has 0 spiro atoms. The number of aromatic nitrogens is 2. The summed E-state index contributed by atoms with van der Waals surface area (Å²) in [6.45, 7) is 2.10. The molecule has 24 heavy (non-hydrogen) atoms. The van der Waals surface area contributed by atoms with E-state index in [1.54, 1.807) is 0 Å². The number of fused-ring (bicyclic) bond motifs is 1. The molecule has 2 heterocycles. The second-order valence-corrected chi connectivity index (χ2v) is 6.61. The van der Waals surface area contributed by atoms with E-state index >= 15 is 0 Å². The highest BCUT2D eigenvalue weighted by Gasteiger charge is 2.15. The summed E-state index contributed by atoms with van der Waals surface area (Å²) in [5.41, 5.74) is 5.22. The van der Waals surface area contributed by atoms with Crippen molar-refractivity contribution in [1.82, 2.24) is 9.38 Å². The Morgan fingerprint density at radius 3 is 2.46 bits per heavy atom. The van der Waals surface area contributed by atoms with Gasteiger partial charge >= 0.3 is 0 Å². The molecular formula is C20H16BrN3. The summed E-state index contributed by atoms with van der Waals surface area (Å²) in [6, 6.07) is 22.5. The molecule has 0 aliphatic rings. The van der Waals surface area contributed by atoms with Crippen molar-refractivity contribution in [3.63, 3.8) is 0 Å². The second-order valence-electron chi connectivity index (χ2n) is 5.69. The van der Waals surface area contributed by atoms with Gasteiger partial charge in [0.15, 0.2) is 0 Å². The van der Waals surface area contributed by atoms with Gasteiger partial charge in [0, 0.05) is 21.9 Å². The number of pyridine rings is 1. The normalized spacial score (nSPS) is 10.9. The molecule has 0 saturated heterocycles. The fourth-order valence-electron chi connectivity index (χ4n) is 2.78. The van der Waals surface area contributed by atoms with Crippen molar-refractivity contribution in [2.45, 2.75) is 6.92 Å². The van der Waals surface area contributed by atoms with Crippen molar-refractivity contribution in [3.8, 4) is 11.3 Å². The minimum Gasteiger partial charge on any atom is -0.339 e. The molecule has 0 bridgehead atoms. The van der Waals surface area contributed by atoms with Gasteiger partial charge in [-0.2, -0.15) is 0 Å². The first kappa shape index (κ1) is 15.0. The molecule has 0 atom stereocenters. The monoisotopic (exact) mass is 377 g/mol. The van der Waals surface area contributed by atoms with Crippen molar-refractivity contribution in [2.24, 2.45) is 0 Å². The maximum absolute atomic E-state index is 4.83. The third kappa shape index (κ3) is 2.69. The number of hydrogen-bond donors (Lipinski definition) is 1. The van der Waals surface area contributed by atoms with Gasteiger partial charge in [-0.15, -0.1) is 0 Å². The predicted molar refractivity (Wildman–Crippen MR) is 103 cm³/mol. The molecule has 1 N–H and O–H groups in total. The third-order valence-electron chi connectivity index (χ3n) is 4.03. The Labute approximate surface area is 149 Å². The number of anilines is 2. The highest BCUT2D eigenvalue weighted by molar-refractivity contribution is 9.10. The van der Waals surface area contributed by atoms with E-state index in [0.717, 1.165) is 32.9 Å². The number of nitrogens with one attached hydrogen (secondary N) is 1. The summed E-state index contributed by atoms with van der Waals surface area (Å²) in [5.74, 6) is 0.965. The van der Waals surface area contributed by atoms with Crippen LogP contribution in [0.5, 0.6) is 0 Å². The molecule has 0 amide bonds. The fraction of sp³-hybridized carbons (Fsp3) is 0.0500. The number of halogens is 1. The van der Waals surface area contributed by atoms with Gasteiger partial charge in [0.25, 0.3) is 0 Å². The van der Waals surface area contributed by atoms with E-state index in [9.17, 15) is 0 Å². The molecule has 4 heteroatoms. The van der Waals surface area contributed by atoms with Crippen LogP contribution in [0.3, 0.4) is 0 Å². The van der Waals surface area contributed by atoms with Crippen LogP contribution < -0.4 is 5.32 Å². The molecule has 0 aliphatic heterocycles. The summed E-state index contributed by atoms with van der Waals surface area (Å²) in [4.78, 5) is 4.83. The van der Waals surface area contributed by atoms with Gasteiger partial charge in [-0.3, -0.25) is 4.40 Å². The van der Waals surface area contributed by atoms with E-state index < -0.39 is 0 Å². The number of para-hydroxylation sites is 1. The van der Waals surface area contributed by atoms with Crippen LogP contribution in [0.4, 0.5) is 11.5 Å². The Kier molecular flexibility index (Phi) is 3.82. The number of imidazole rings is 1. The van der Waals surface area contributed by atoms with Gasteiger partial charge in [0.1, 0.15) is 17.2 Å². The zero-order valence-electron chi connectivity index (χ0n) is 13.2. The van der Waals surface area contributed by atoms with Crippen LogP contribution in [0.25, 0.3) is 16.9 Å². The fourth-order valence-corrected chi connectivity index (χ4v) is 3.11. The van der Waals surface area contributed by atoms with Crippen LogP contribution in [0.1, 0.15) is 5.56 Å². The van der Waals surface area contributed by atoms with E-state index in [4.69, 9.17) is 4.98 Å². The van der Waals surface area contributed by atoms with E-state index in [2.05, 4.69) is 56.8 Å². The summed E-state index contributed by atoms with van der Waals surface area (Å²) >= 11 is 3.56. The first-order valence-corrected chi connectivity index (χ1v) is 8.57. The Morgan fingerprint density at radius 1 is 0.917 bits per heavy atom. The van der Waals surface area contributed by atoms with Gasteiger partial charge in [-0.05, 0) is 46.6 Å². The van der Waals surface area contributed by atoms with Gasteiger partial charge in [0.05, 0.1) is 0 Å². The lowest BCUT2D eigenvalue weighted by Gasteiger charge is -2.11. The minimum absolute atomic E-state index is 0.910. The van der Waals surface area contributed by atoms with E-state index in [-0.39, 0.29) is 0 Å². The van der Waals surface area contributed by atoms with Crippen molar-refractivity contribution >= 4 is 33.1 Å². The number of rotatable bonds is 3. The molecule has 2 aromatic heterocycles. The molecule has 0 unspecified atom stereocenters. The SMILES string of the molecule is Cc1ccccc1Nc1c(-c2ccccc2)nc2ccc(Br)cn12. The van der Waals surface area contributed by atoms with Crippen LogP contribution >= 0.6 is 15.9 Å². The molecule has 118 valence electrons. The van der Waals surface area contributed by atoms with Crippen molar-refractivity contribution in [3.05, 3.63) is 83.0 Å². The number of nitrogens with zero attached hydrogens (tertiary/aromatic N) is 2. The first-order chi connectivity index (χ1) is 11.7. The predicted octanol–water partition coefficient (Wildman–Crippen LogP) is 5.82. The largest absolute Gasteiger partial charge is 0.339 e. The second kappa shape index (κ2) is 6.13. The van der Waals surface area contributed by atoms with Crippen molar-refractivity contribution in [1.29, 1.82) is 0 Å². The van der Waals surface area contributed by atoms with E-state index in [1.807, 2.05) is 48.7 Å². The van der Waals surface area contributed by atoms with Crippen LogP contribution in [-0.4, -0.2) is 9.38 Å². The molecule has 0 aliphatic carbocycles. The molecule has 3 nitrogen and oxygen atoms in total. The van der Waals surface area contributed by atoms with Crippen LogP contribution in [-0.2, 0) is 0 Å². The van der Waals surface area contributed by atoms with E-state index in [1.165, 1.54) is 5.56 Å². The van der Waals surface area contributed by atoms with Crippen LogP contribution in [0.15, 0.2) is 77.4 Å². The molecule has 4 rings (SSSR count). The average molecular weight is 378 g/mol. The summed E-state index contributed by atoms with van der Waals surface area (Å²) in [5, 5.41) is 3.57. The first-order valence-electron chi connectivity index (χ1n) is 7.78. The number of hydrogen-bond acceptors (Lipinski definition) is 2. The van der Waals surface area contributed by atoms with Crippen LogP contribution in [0.2, 0.25) is 0 Å². The van der Waals surface area contributed by atoms with Crippen molar-refractivity contribution < 1.29 is 0 Å². The lowest BCUT2D eigenvalue weighted by Crippen LogP contribution is -1.98. The Morgan fingerprint density at radius 2 is 1.67 bits per heavy atom.